The van der Waals surface area contributed by atoms with E-state index < -0.39 is 5.91 Å². The van der Waals surface area contributed by atoms with E-state index >= 15 is 0 Å². The van der Waals surface area contributed by atoms with Crippen molar-refractivity contribution in [1.82, 2.24) is 9.78 Å². The largest absolute Gasteiger partial charge is 0.484 e. The highest BCUT2D eigenvalue weighted by atomic mass is 35.5. The fourth-order valence-corrected chi connectivity index (χ4v) is 3.40. The first-order valence-electron chi connectivity index (χ1n) is 10.1. The van der Waals surface area contributed by atoms with Gasteiger partial charge in [-0.25, -0.2) is 0 Å². The summed E-state index contributed by atoms with van der Waals surface area (Å²) in [6.07, 6.45) is 1.68. The molecule has 0 saturated carbocycles. The van der Waals surface area contributed by atoms with Crippen molar-refractivity contribution >= 4 is 34.8 Å². The van der Waals surface area contributed by atoms with E-state index in [0.717, 1.165) is 5.56 Å². The first-order chi connectivity index (χ1) is 15.9. The first kappa shape index (κ1) is 22.2. The van der Waals surface area contributed by atoms with Crippen LogP contribution in [0.2, 0.25) is 5.02 Å². The Hall–Kier alpha value is -4.04. The number of aromatic nitrogens is 2. The molecule has 33 heavy (non-hydrogen) atoms. The molecule has 4 rings (SSSR count). The first-order valence-corrected chi connectivity index (χ1v) is 10.5. The van der Waals surface area contributed by atoms with Gasteiger partial charge in [-0.1, -0.05) is 29.8 Å². The lowest BCUT2D eigenvalue weighted by Crippen LogP contribution is -2.14. The van der Waals surface area contributed by atoms with Gasteiger partial charge < -0.3 is 19.8 Å². The zero-order valence-corrected chi connectivity index (χ0v) is 18.7. The maximum Gasteiger partial charge on any atom is 0.291 e. The summed E-state index contributed by atoms with van der Waals surface area (Å²) in [7, 11) is 1.73. The van der Waals surface area contributed by atoms with Gasteiger partial charge in [-0.15, -0.1) is 0 Å². The number of benzene rings is 2. The van der Waals surface area contributed by atoms with Gasteiger partial charge in [0.25, 0.3) is 11.8 Å². The van der Waals surface area contributed by atoms with Crippen LogP contribution in [0.5, 0.6) is 5.75 Å². The number of carbonyl (C=O) groups excluding carboxylic acids is 2. The molecular weight excluding hydrogens is 444 g/mol. The fraction of sp³-hybridized carbons (Fsp3) is 0.125. The normalized spacial score (nSPS) is 10.6. The Morgan fingerprint density at radius 3 is 2.45 bits per heavy atom. The molecule has 0 aliphatic rings. The number of rotatable bonds is 7. The van der Waals surface area contributed by atoms with Crippen LogP contribution in [0.15, 0.2) is 71.3 Å². The standard InChI is InChI=1S/C24H21ClN4O4/c1-15-5-3-8-19(25)22(15)32-14-18-9-10-21(33-18)24(31)27-17-7-4-6-16(13-17)26-23(30)20-11-12-29(2)28-20/h3-13H,14H2,1-2H3,(H,26,30)(H,27,31). The molecule has 0 radical (unpaired) electrons. The number of carbonyl (C=O) groups is 2. The van der Waals surface area contributed by atoms with Crippen LogP contribution >= 0.6 is 11.6 Å². The number of hydrogen-bond donors (Lipinski definition) is 2. The van der Waals surface area contributed by atoms with Gasteiger partial charge in [0.2, 0.25) is 0 Å². The van der Waals surface area contributed by atoms with E-state index in [-0.39, 0.29) is 18.3 Å². The zero-order chi connectivity index (χ0) is 23.4. The predicted octanol–water partition coefficient (Wildman–Crippen LogP) is 5.06. The maximum absolute atomic E-state index is 12.6. The minimum atomic E-state index is -0.427. The monoisotopic (exact) mass is 464 g/mol. The molecule has 2 aromatic carbocycles. The number of aryl methyl sites for hydroxylation is 2. The van der Waals surface area contributed by atoms with Crippen LogP contribution < -0.4 is 15.4 Å². The van der Waals surface area contributed by atoms with Gasteiger partial charge in [0.05, 0.1) is 5.02 Å². The molecule has 0 saturated heterocycles. The number of para-hydroxylation sites is 1. The Morgan fingerprint density at radius 2 is 1.76 bits per heavy atom. The Kier molecular flexibility index (Phi) is 6.46. The molecule has 168 valence electrons. The number of furan rings is 1. The summed E-state index contributed by atoms with van der Waals surface area (Å²) in [5.74, 6) is 0.418. The van der Waals surface area contributed by atoms with Crippen LogP contribution in [0, 0.1) is 6.92 Å². The van der Waals surface area contributed by atoms with Crippen molar-refractivity contribution in [1.29, 1.82) is 0 Å². The molecule has 2 N–H and O–H groups in total. The van der Waals surface area contributed by atoms with Crippen LogP contribution in [0.3, 0.4) is 0 Å². The van der Waals surface area contributed by atoms with E-state index in [2.05, 4.69) is 15.7 Å². The molecule has 0 fully saturated rings. The van der Waals surface area contributed by atoms with Gasteiger partial charge in [0.1, 0.15) is 18.1 Å². The van der Waals surface area contributed by atoms with Crippen LogP contribution in [0.25, 0.3) is 0 Å². The van der Waals surface area contributed by atoms with Gasteiger partial charge in [-0.05, 0) is 55.0 Å². The summed E-state index contributed by atoms with van der Waals surface area (Å²) in [5.41, 5.74) is 2.22. The molecule has 4 aromatic rings. The maximum atomic E-state index is 12.6. The summed E-state index contributed by atoms with van der Waals surface area (Å²) in [5, 5.41) is 10.1. The van der Waals surface area contributed by atoms with Crippen molar-refractivity contribution in [3.05, 3.63) is 94.7 Å². The van der Waals surface area contributed by atoms with Gasteiger partial charge >= 0.3 is 0 Å². The number of nitrogens with one attached hydrogen (secondary N) is 2. The summed E-state index contributed by atoms with van der Waals surface area (Å²) >= 11 is 6.17. The van der Waals surface area contributed by atoms with Crippen LogP contribution in [0.4, 0.5) is 11.4 Å². The summed E-state index contributed by atoms with van der Waals surface area (Å²) < 4.78 is 12.9. The molecule has 2 aromatic heterocycles. The molecule has 0 unspecified atom stereocenters. The van der Waals surface area contributed by atoms with E-state index in [4.69, 9.17) is 20.8 Å². The highest BCUT2D eigenvalue weighted by molar-refractivity contribution is 6.32. The van der Waals surface area contributed by atoms with Crippen LogP contribution in [-0.2, 0) is 13.7 Å². The van der Waals surface area contributed by atoms with E-state index in [9.17, 15) is 9.59 Å². The SMILES string of the molecule is Cc1cccc(Cl)c1OCc1ccc(C(=O)Nc2cccc(NC(=O)c3ccn(C)n3)c2)o1. The summed E-state index contributed by atoms with van der Waals surface area (Å²) in [6, 6.07) is 17.1. The summed E-state index contributed by atoms with van der Waals surface area (Å²) in [6.45, 7) is 2.03. The Bertz CT molecular complexity index is 1290. The molecule has 0 atom stereocenters. The third-order valence-corrected chi connectivity index (χ3v) is 5.03. The van der Waals surface area contributed by atoms with Crippen LogP contribution in [-0.4, -0.2) is 21.6 Å². The van der Waals surface area contributed by atoms with Gasteiger partial charge in [0, 0.05) is 24.6 Å². The minimum Gasteiger partial charge on any atom is -0.484 e. The smallest absolute Gasteiger partial charge is 0.291 e. The number of hydrogen-bond acceptors (Lipinski definition) is 5. The second kappa shape index (κ2) is 9.62. The van der Waals surface area contributed by atoms with Crippen molar-refractivity contribution < 1.29 is 18.7 Å². The van der Waals surface area contributed by atoms with E-state index in [0.29, 0.717) is 33.6 Å². The van der Waals surface area contributed by atoms with Gasteiger partial charge in [-0.2, -0.15) is 5.10 Å². The van der Waals surface area contributed by atoms with E-state index in [1.807, 2.05) is 19.1 Å². The Labute approximate surface area is 195 Å². The molecule has 0 aliphatic carbocycles. The lowest BCUT2D eigenvalue weighted by molar-refractivity contribution is 0.0991. The average Bonchev–Trinajstić information content (AvgIpc) is 3.43. The molecule has 0 spiro atoms. The van der Waals surface area contributed by atoms with Gasteiger partial charge in [0.15, 0.2) is 11.5 Å². The van der Waals surface area contributed by atoms with E-state index in [1.54, 1.807) is 66.5 Å². The molecule has 2 heterocycles. The quantitative estimate of drug-likeness (QED) is 0.398. The topological polar surface area (TPSA) is 98.4 Å². The number of ether oxygens (including phenoxy) is 1. The van der Waals surface area contributed by atoms with Crippen molar-refractivity contribution in [2.45, 2.75) is 13.5 Å². The Balaban J connectivity index is 1.37. The molecule has 8 nitrogen and oxygen atoms in total. The zero-order valence-electron chi connectivity index (χ0n) is 18.0. The highest BCUT2D eigenvalue weighted by Crippen LogP contribution is 2.29. The predicted molar refractivity (Wildman–Crippen MR) is 125 cm³/mol. The van der Waals surface area contributed by atoms with Gasteiger partial charge in [-0.3, -0.25) is 14.3 Å². The molecule has 9 heteroatoms. The molecular formula is C24H21ClN4O4. The number of halogens is 1. The van der Waals surface area contributed by atoms with Crippen molar-refractivity contribution in [3.8, 4) is 5.75 Å². The minimum absolute atomic E-state index is 0.132. The highest BCUT2D eigenvalue weighted by Gasteiger charge is 2.14. The fourth-order valence-electron chi connectivity index (χ4n) is 3.12. The number of anilines is 2. The average molecular weight is 465 g/mol. The van der Waals surface area contributed by atoms with Crippen molar-refractivity contribution in [2.24, 2.45) is 7.05 Å². The third kappa shape index (κ3) is 5.42. The van der Waals surface area contributed by atoms with Crippen molar-refractivity contribution in [3.63, 3.8) is 0 Å². The van der Waals surface area contributed by atoms with E-state index in [1.165, 1.54) is 0 Å². The molecule has 2 amide bonds. The number of nitrogens with zero attached hydrogens (tertiary/aromatic N) is 2. The number of amides is 2. The summed E-state index contributed by atoms with van der Waals surface area (Å²) in [4.78, 5) is 24.9. The van der Waals surface area contributed by atoms with Crippen LogP contribution in [0.1, 0.15) is 32.4 Å². The molecule has 0 bridgehead atoms. The second-order valence-electron chi connectivity index (χ2n) is 7.30. The Morgan fingerprint density at radius 1 is 1.03 bits per heavy atom. The van der Waals surface area contributed by atoms with Crippen molar-refractivity contribution in [2.75, 3.05) is 10.6 Å². The third-order valence-electron chi connectivity index (χ3n) is 4.73. The lowest BCUT2D eigenvalue weighted by atomic mass is 10.2. The molecule has 0 aliphatic heterocycles. The lowest BCUT2D eigenvalue weighted by Gasteiger charge is -2.09. The second-order valence-corrected chi connectivity index (χ2v) is 7.71.